The number of nitrogens with one attached hydrogen (secondary N) is 1. The number of imidazole rings is 1. The first-order valence-electron chi connectivity index (χ1n) is 7.69. The first-order valence-corrected chi connectivity index (χ1v) is 11.1. The van der Waals surface area contributed by atoms with Crippen molar-refractivity contribution in [2.75, 3.05) is 17.7 Å². The number of pyridine rings is 1. The van der Waals surface area contributed by atoms with Crippen molar-refractivity contribution in [3.05, 3.63) is 24.2 Å². The average molecular weight is 394 g/mol. The SMILES string of the molecule is CCC[S+]([O-])c1sc2nc(C(=N)SC)cc(-c3nccn3C)c2c1N. The number of fused-ring (bicyclic) bond motifs is 1. The van der Waals surface area contributed by atoms with E-state index in [1.807, 2.05) is 37.1 Å². The molecule has 132 valence electrons. The van der Waals surface area contributed by atoms with Crippen LogP contribution in [0.3, 0.4) is 0 Å². The Morgan fingerprint density at radius 1 is 1.52 bits per heavy atom. The Labute approximate surface area is 157 Å². The predicted molar refractivity (Wildman–Crippen MR) is 108 cm³/mol. The molecule has 0 saturated carbocycles. The van der Waals surface area contributed by atoms with Crippen LogP contribution in [-0.2, 0) is 18.2 Å². The number of nitrogens with two attached hydrogens (primary N) is 1. The highest BCUT2D eigenvalue weighted by Crippen LogP contribution is 2.42. The van der Waals surface area contributed by atoms with Gasteiger partial charge in [-0.25, -0.2) is 9.97 Å². The maximum absolute atomic E-state index is 12.5. The molecule has 0 amide bonds. The van der Waals surface area contributed by atoms with Gasteiger partial charge in [0.2, 0.25) is 4.21 Å². The van der Waals surface area contributed by atoms with Crippen molar-refractivity contribution in [2.45, 2.75) is 17.6 Å². The molecule has 1 unspecified atom stereocenters. The van der Waals surface area contributed by atoms with Crippen LogP contribution < -0.4 is 5.73 Å². The standard InChI is InChI=1S/C16H19N5OS3/c1-4-7-25(22)16-12(17)11-9(14-19-5-6-21(14)2)8-10(13(18)23-3)20-15(11)24-16/h5-6,8,18H,4,7,17H2,1-3H3. The van der Waals surface area contributed by atoms with Gasteiger partial charge in [-0.05, 0) is 29.9 Å². The van der Waals surface area contributed by atoms with Gasteiger partial charge in [0.1, 0.15) is 27.1 Å². The molecule has 9 heteroatoms. The van der Waals surface area contributed by atoms with Crippen LogP contribution in [0.4, 0.5) is 5.69 Å². The molecule has 25 heavy (non-hydrogen) atoms. The van der Waals surface area contributed by atoms with Gasteiger partial charge in [0.15, 0.2) is 0 Å². The molecule has 0 fully saturated rings. The molecule has 0 aliphatic rings. The van der Waals surface area contributed by atoms with Crippen molar-refractivity contribution < 1.29 is 4.55 Å². The fraction of sp³-hybridized carbons (Fsp3) is 0.312. The topological polar surface area (TPSA) is 104 Å². The summed E-state index contributed by atoms with van der Waals surface area (Å²) in [4.78, 5) is 9.72. The van der Waals surface area contributed by atoms with Gasteiger partial charge in [-0.1, -0.05) is 18.3 Å². The summed E-state index contributed by atoms with van der Waals surface area (Å²) in [5.41, 5.74) is 8.28. The maximum atomic E-state index is 12.5. The van der Waals surface area contributed by atoms with Gasteiger partial charge in [0.05, 0.1) is 11.1 Å². The fourth-order valence-corrected chi connectivity index (χ4v) is 5.50. The quantitative estimate of drug-likeness (QED) is 0.392. The minimum Gasteiger partial charge on any atom is -0.611 e. The van der Waals surface area contributed by atoms with Crippen LogP contribution in [-0.4, -0.2) is 36.1 Å². The number of aryl methyl sites for hydroxylation is 1. The van der Waals surface area contributed by atoms with E-state index in [1.54, 1.807) is 6.20 Å². The molecule has 3 heterocycles. The molecule has 3 aromatic heterocycles. The van der Waals surface area contributed by atoms with Crippen LogP contribution in [0.15, 0.2) is 22.7 Å². The summed E-state index contributed by atoms with van der Waals surface area (Å²) in [5, 5.41) is 9.28. The van der Waals surface area contributed by atoms with E-state index in [0.29, 0.717) is 31.2 Å². The van der Waals surface area contributed by atoms with Crippen molar-refractivity contribution >= 4 is 55.2 Å². The highest BCUT2D eigenvalue weighted by Gasteiger charge is 2.25. The number of hydrogen-bond donors (Lipinski definition) is 2. The lowest BCUT2D eigenvalue weighted by atomic mass is 10.1. The molecule has 3 N–H and O–H groups in total. The third kappa shape index (κ3) is 3.29. The number of nitrogen functional groups attached to an aromatic ring is 1. The normalized spacial score (nSPS) is 12.6. The summed E-state index contributed by atoms with van der Waals surface area (Å²) in [6, 6.07) is 1.85. The van der Waals surface area contributed by atoms with Gasteiger partial charge in [0, 0.05) is 25.0 Å². The van der Waals surface area contributed by atoms with E-state index < -0.39 is 11.2 Å². The smallest absolute Gasteiger partial charge is 0.232 e. The Balaban J connectivity index is 2.31. The average Bonchev–Trinajstić information content (AvgIpc) is 3.17. The molecule has 0 bridgehead atoms. The predicted octanol–water partition coefficient (Wildman–Crippen LogP) is 3.48. The van der Waals surface area contributed by atoms with Crippen LogP contribution in [0, 0.1) is 5.41 Å². The molecular formula is C16H19N5OS3. The Morgan fingerprint density at radius 3 is 2.88 bits per heavy atom. The first-order chi connectivity index (χ1) is 12.0. The molecule has 0 aromatic carbocycles. The second kappa shape index (κ2) is 7.36. The van der Waals surface area contributed by atoms with E-state index in [2.05, 4.69) is 9.97 Å². The minimum absolute atomic E-state index is 0.376. The second-order valence-corrected chi connectivity index (χ2v) is 9.06. The molecule has 3 aromatic rings. The number of anilines is 1. The summed E-state index contributed by atoms with van der Waals surface area (Å²) in [6.07, 6.45) is 6.25. The molecule has 6 nitrogen and oxygen atoms in total. The second-order valence-electron chi connectivity index (χ2n) is 5.48. The van der Waals surface area contributed by atoms with Crippen LogP contribution in [0.1, 0.15) is 19.0 Å². The largest absolute Gasteiger partial charge is 0.611 e. The van der Waals surface area contributed by atoms with Crippen molar-refractivity contribution in [3.63, 3.8) is 0 Å². The summed E-state index contributed by atoms with van der Waals surface area (Å²) in [5.74, 6) is 1.32. The lowest BCUT2D eigenvalue weighted by molar-refractivity contribution is 0.596. The van der Waals surface area contributed by atoms with Gasteiger partial charge in [-0.15, -0.1) is 11.8 Å². The Kier molecular flexibility index (Phi) is 5.38. The van der Waals surface area contributed by atoms with E-state index in [-0.39, 0.29) is 0 Å². The molecule has 3 rings (SSSR count). The van der Waals surface area contributed by atoms with Crippen LogP contribution in [0.5, 0.6) is 0 Å². The zero-order chi connectivity index (χ0) is 18.1. The number of hydrogen-bond acceptors (Lipinski definition) is 7. The van der Waals surface area contributed by atoms with Crippen molar-refractivity contribution in [1.29, 1.82) is 5.41 Å². The fourth-order valence-electron chi connectivity index (χ4n) is 2.57. The van der Waals surface area contributed by atoms with E-state index in [9.17, 15) is 4.55 Å². The summed E-state index contributed by atoms with van der Waals surface area (Å²) < 4.78 is 15.1. The highest BCUT2D eigenvalue weighted by atomic mass is 32.2. The molecule has 0 aliphatic heterocycles. The van der Waals surface area contributed by atoms with Gasteiger partial charge in [-0.3, -0.25) is 5.41 Å². The molecule has 0 saturated heterocycles. The molecular weight excluding hydrogens is 374 g/mol. The van der Waals surface area contributed by atoms with Gasteiger partial charge < -0.3 is 14.9 Å². The molecule has 1 atom stereocenters. The zero-order valence-electron chi connectivity index (χ0n) is 14.2. The van der Waals surface area contributed by atoms with E-state index in [4.69, 9.17) is 11.1 Å². The zero-order valence-corrected chi connectivity index (χ0v) is 16.6. The number of thioether (sulfide) groups is 1. The Hall–Kier alpha value is -1.55. The molecule has 0 aliphatic carbocycles. The highest BCUT2D eigenvalue weighted by molar-refractivity contribution is 8.13. The Morgan fingerprint density at radius 2 is 2.28 bits per heavy atom. The first kappa shape index (κ1) is 18.2. The summed E-state index contributed by atoms with van der Waals surface area (Å²) in [7, 11) is 1.91. The number of thiophene rings is 1. The third-order valence-electron chi connectivity index (χ3n) is 3.76. The van der Waals surface area contributed by atoms with Gasteiger partial charge in [0.25, 0.3) is 0 Å². The van der Waals surface area contributed by atoms with Crippen LogP contribution in [0.25, 0.3) is 21.6 Å². The number of nitrogens with zero attached hydrogens (tertiary/aromatic N) is 3. The molecule has 0 spiro atoms. The third-order valence-corrected chi connectivity index (χ3v) is 7.49. The van der Waals surface area contributed by atoms with Crippen LogP contribution in [0.2, 0.25) is 0 Å². The van der Waals surface area contributed by atoms with Gasteiger partial charge in [-0.2, -0.15) is 0 Å². The van der Waals surface area contributed by atoms with E-state index in [0.717, 1.165) is 23.2 Å². The lowest BCUT2D eigenvalue weighted by Crippen LogP contribution is -2.06. The Bertz CT molecular complexity index is 933. The number of aromatic nitrogens is 3. The minimum atomic E-state index is -1.14. The van der Waals surface area contributed by atoms with Crippen LogP contribution >= 0.6 is 23.1 Å². The summed E-state index contributed by atoms with van der Waals surface area (Å²) in [6.45, 7) is 2.00. The monoisotopic (exact) mass is 393 g/mol. The number of rotatable bonds is 5. The van der Waals surface area contributed by atoms with Gasteiger partial charge >= 0.3 is 0 Å². The lowest BCUT2D eigenvalue weighted by Gasteiger charge is -2.09. The molecule has 0 radical (unpaired) electrons. The van der Waals surface area contributed by atoms with E-state index in [1.165, 1.54) is 23.1 Å². The van der Waals surface area contributed by atoms with Crippen molar-refractivity contribution in [3.8, 4) is 11.4 Å². The summed E-state index contributed by atoms with van der Waals surface area (Å²) >= 11 is 1.54. The maximum Gasteiger partial charge on any atom is 0.232 e. The van der Waals surface area contributed by atoms with Crippen molar-refractivity contribution in [1.82, 2.24) is 14.5 Å². The van der Waals surface area contributed by atoms with Crippen molar-refractivity contribution in [2.24, 2.45) is 7.05 Å². The van der Waals surface area contributed by atoms with E-state index >= 15 is 0 Å².